The molecule has 2 aliphatic rings. The maximum absolute atomic E-state index is 9.85. The van der Waals surface area contributed by atoms with E-state index in [-0.39, 0.29) is 22.3 Å². The van der Waals surface area contributed by atoms with Gasteiger partial charge in [0.1, 0.15) is 35.4 Å². The lowest BCUT2D eigenvalue weighted by molar-refractivity contribution is 1.45. The van der Waals surface area contributed by atoms with Crippen LogP contribution in [-0.2, 0) is 0 Å². The first kappa shape index (κ1) is 22.3. The molecular weight excluding hydrogens is 456 g/mol. The highest BCUT2D eigenvalue weighted by Gasteiger charge is 2.26. The number of thiophene rings is 2. The van der Waals surface area contributed by atoms with Crippen molar-refractivity contribution in [2.45, 2.75) is 0 Å². The fourth-order valence-electron chi connectivity index (χ4n) is 3.57. The second-order valence-corrected chi connectivity index (χ2v) is 8.76. The van der Waals surface area contributed by atoms with Crippen LogP contribution in [0.15, 0.2) is 82.6 Å². The molecule has 0 bridgehead atoms. The van der Waals surface area contributed by atoms with Gasteiger partial charge in [0.05, 0.1) is 4.88 Å². The molecule has 2 aromatic rings. The molecule has 156 valence electrons. The first-order valence-electron chi connectivity index (χ1n) is 9.92. The van der Waals surface area contributed by atoms with E-state index >= 15 is 0 Å². The van der Waals surface area contributed by atoms with Crippen LogP contribution < -0.4 is 0 Å². The molecule has 0 saturated carbocycles. The van der Waals surface area contributed by atoms with Gasteiger partial charge < -0.3 is 0 Å². The smallest absolute Gasteiger partial charge is 0.138 e. The molecule has 0 spiro atoms. The Kier molecular flexibility index (Phi) is 6.65. The van der Waals surface area contributed by atoms with E-state index in [4.69, 9.17) is 0 Å². The van der Waals surface area contributed by atoms with E-state index in [1.807, 2.05) is 83.6 Å². The van der Waals surface area contributed by atoms with Crippen molar-refractivity contribution >= 4 is 33.8 Å². The molecule has 0 radical (unpaired) electrons. The zero-order valence-electron chi connectivity index (χ0n) is 17.5. The molecule has 2 aliphatic carbocycles. The molecule has 4 nitrogen and oxygen atoms in total. The third-order valence-electron chi connectivity index (χ3n) is 4.98. The maximum Gasteiger partial charge on any atom is 0.138 e. The van der Waals surface area contributed by atoms with Crippen LogP contribution in [0.3, 0.4) is 0 Å². The van der Waals surface area contributed by atoms with Gasteiger partial charge in [0.15, 0.2) is 0 Å². The zero-order chi connectivity index (χ0) is 23.9. The standard InChI is InChI=1S/C28H12N4S2/c29-15-20(16-30)27(28(21(17-31)18-32)26-9-5-13-34-26)25-14-19(10-11-22-6-4-12-33-22)23-7-2-1-3-8-24(23)25/h1-9,12-14H. The van der Waals surface area contributed by atoms with Crippen LogP contribution >= 0.6 is 22.7 Å². The summed E-state index contributed by atoms with van der Waals surface area (Å²) in [5.41, 5.74) is 3.10. The average molecular weight is 469 g/mol. The SMILES string of the molecule is N#CC(C#N)=C(C(=C(C#N)C#N)c1cc(C#Cc2cccs2)c2cccccc1-2)c1cccs1. The highest BCUT2D eigenvalue weighted by molar-refractivity contribution is 7.11. The Hall–Kier alpha value is -4.90. The van der Waals surface area contributed by atoms with Crippen LogP contribution in [-0.4, -0.2) is 0 Å². The monoisotopic (exact) mass is 468 g/mol. The van der Waals surface area contributed by atoms with Crippen LogP contribution in [0.5, 0.6) is 0 Å². The number of hydrogen-bond donors (Lipinski definition) is 0. The topological polar surface area (TPSA) is 95.2 Å². The third kappa shape index (κ3) is 4.23. The van der Waals surface area contributed by atoms with Gasteiger partial charge in [-0.3, -0.25) is 0 Å². The zero-order valence-corrected chi connectivity index (χ0v) is 19.2. The van der Waals surface area contributed by atoms with Crippen LogP contribution in [0.25, 0.3) is 22.3 Å². The Morgan fingerprint density at radius 3 is 1.88 bits per heavy atom. The summed E-state index contributed by atoms with van der Waals surface area (Å²) in [7, 11) is 0. The molecule has 0 fully saturated rings. The number of fused-ring (bicyclic) bond motifs is 1. The Balaban J connectivity index is 2.10. The molecule has 0 N–H and O–H groups in total. The van der Waals surface area contributed by atoms with Crippen LogP contribution in [0.4, 0.5) is 0 Å². The van der Waals surface area contributed by atoms with Gasteiger partial charge in [-0.15, -0.1) is 22.7 Å². The Bertz CT molecular complexity index is 1600. The van der Waals surface area contributed by atoms with E-state index in [0.717, 1.165) is 21.6 Å². The van der Waals surface area contributed by atoms with Gasteiger partial charge in [0.25, 0.3) is 0 Å². The highest BCUT2D eigenvalue weighted by Crippen LogP contribution is 2.44. The van der Waals surface area contributed by atoms with Crippen molar-refractivity contribution in [3.05, 3.63) is 103 Å². The van der Waals surface area contributed by atoms with E-state index < -0.39 is 0 Å². The van der Waals surface area contributed by atoms with E-state index in [1.165, 1.54) is 22.7 Å². The quantitative estimate of drug-likeness (QED) is 0.192. The first-order valence-corrected chi connectivity index (χ1v) is 11.7. The fraction of sp³-hybridized carbons (Fsp3) is 0. The van der Waals surface area contributed by atoms with E-state index in [0.29, 0.717) is 10.4 Å². The summed E-state index contributed by atoms with van der Waals surface area (Å²) in [5.74, 6) is 6.38. The number of nitrogens with zero attached hydrogens (tertiary/aromatic N) is 4. The molecule has 0 amide bonds. The van der Waals surface area contributed by atoms with Crippen molar-refractivity contribution in [3.8, 4) is 47.2 Å². The number of nitriles is 4. The van der Waals surface area contributed by atoms with Crippen molar-refractivity contribution in [3.63, 3.8) is 0 Å². The number of rotatable bonds is 3. The fourth-order valence-corrected chi connectivity index (χ4v) is 4.92. The van der Waals surface area contributed by atoms with Crippen molar-refractivity contribution in [2.75, 3.05) is 0 Å². The molecule has 2 heterocycles. The summed E-state index contributed by atoms with van der Waals surface area (Å²) in [6.45, 7) is 0. The molecule has 0 atom stereocenters. The van der Waals surface area contributed by atoms with Crippen molar-refractivity contribution in [1.82, 2.24) is 0 Å². The molecule has 6 heteroatoms. The highest BCUT2D eigenvalue weighted by atomic mass is 32.1. The summed E-state index contributed by atoms with van der Waals surface area (Å²) in [4.78, 5) is 1.54. The predicted octanol–water partition coefficient (Wildman–Crippen LogP) is 6.62. The van der Waals surface area contributed by atoms with Crippen molar-refractivity contribution in [1.29, 1.82) is 21.0 Å². The van der Waals surface area contributed by atoms with Crippen LogP contribution in [0, 0.1) is 57.2 Å². The van der Waals surface area contributed by atoms with Gasteiger partial charge >= 0.3 is 0 Å². The minimum atomic E-state index is -0.178. The Labute approximate surface area is 205 Å². The van der Waals surface area contributed by atoms with Gasteiger partial charge in [-0.2, -0.15) is 21.0 Å². The van der Waals surface area contributed by atoms with Gasteiger partial charge in [-0.25, -0.2) is 0 Å². The molecule has 0 saturated heterocycles. The summed E-state index contributed by atoms with van der Waals surface area (Å²) < 4.78 is 0. The summed E-state index contributed by atoms with van der Waals surface area (Å²) in [6, 6.07) is 26.5. The van der Waals surface area contributed by atoms with E-state index in [2.05, 4.69) is 11.8 Å². The molecule has 0 aliphatic heterocycles. The third-order valence-corrected chi connectivity index (χ3v) is 6.66. The van der Waals surface area contributed by atoms with Crippen LogP contribution in [0.1, 0.15) is 20.9 Å². The van der Waals surface area contributed by atoms with Gasteiger partial charge in [0, 0.05) is 21.6 Å². The lowest BCUT2D eigenvalue weighted by Crippen LogP contribution is -1.96. The summed E-state index contributed by atoms with van der Waals surface area (Å²) in [5, 5.41) is 42.9. The van der Waals surface area contributed by atoms with E-state index in [9.17, 15) is 21.0 Å². The van der Waals surface area contributed by atoms with Gasteiger partial charge in [-0.05, 0) is 45.6 Å². The number of allylic oxidation sites excluding steroid dienone is 4. The van der Waals surface area contributed by atoms with Crippen molar-refractivity contribution in [2.24, 2.45) is 0 Å². The van der Waals surface area contributed by atoms with Gasteiger partial charge in [0.2, 0.25) is 0 Å². The molecule has 34 heavy (non-hydrogen) atoms. The Morgan fingerprint density at radius 2 is 1.26 bits per heavy atom. The lowest BCUT2D eigenvalue weighted by atomic mass is 9.88. The maximum atomic E-state index is 9.85. The summed E-state index contributed by atoms with van der Waals surface area (Å²) >= 11 is 2.87. The predicted molar refractivity (Wildman–Crippen MR) is 134 cm³/mol. The summed E-state index contributed by atoms with van der Waals surface area (Å²) in [6.07, 6.45) is 0. The first-order chi connectivity index (χ1) is 16.7. The second kappa shape index (κ2) is 10.1. The van der Waals surface area contributed by atoms with Crippen LogP contribution in [0.2, 0.25) is 0 Å². The minimum Gasteiger partial charge on any atom is -0.192 e. The molecule has 2 aromatic heterocycles. The molecule has 4 rings (SSSR count). The normalized spacial score (nSPS) is 9.41. The lowest BCUT2D eigenvalue weighted by Gasteiger charge is -2.12. The van der Waals surface area contributed by atoms with Gasteiger partial charge in [-0.1, -0.05) is 54.3 Å². The largest absolute Gasteiger partial charge is 0.192 e. The average Bonchev–Trinajstić information content (AvgIpc) is 3.60. The van der Waals surface area contributed by atoms with E-state index in [1.54, 1.807) is 12.1 Å². The Morgan fingerprint density at radius 1 is 0.618 bits per heavy atom. The molecule has 0 aromatic carbocycles. The molecule has 0 unspecified atom stereocenters. The number of hydrogen-bond acceptors (Lipinski definition) is 6. The second-order valence-electron chi connectivity index (χ2n) is 6.86. The van der Waals surface area contributed by atoms with Crippen molar-refractivity contribution < 1.29 is 0 Å². The molecular formula is C28H12N4S2. The minimum absolute atomic E-state index is 0.165.